The number of hydrogen-bond acceptors (Lipinski definition) is 4. The quantitative estimate of drug-likeness (QED) is 0.477. The summed E-state index contributed by atoms with van der Waals surface area (Å²) < 4.78 is 3.69. The molecule has 0 saturated carbocycles. The zero-order valence-corrected chi connectivity index (χ0v) is 18.0. The summed E-state index contributed by atoms with van der Waals surface area (Å²) >= 11 is 0. The number of aromatic nitrogens is 4. The van der Waals surface area contributed by atoms with Crippen LogP contribution in [-0.4, -0.2) is 42.8 Å². The number of carbonyl (C=O) groups excluding carboxylic acids is 2. The monoisotopic (exact) mass is 413 g/mol. The van der Waals surface area contributed by atoms with Gasteiger partial charge in [0.1, 0.15) is 0 Å². The van der Waals surface area contributed by atoms with Crippen molar-refractivity contribution in [2.24, 2.45) is 0 Å². The van der Waals surface area contributed by atoms with Crippen LogP contribution in [0.4, 0.5) is 0 Å². The standard InChI is InChI=1S/C24H23N5O2/c1-14-11-16(3)28(25-14)21(29-17(4)12-15(2)26-29)13-27-23(30)19-9-5-7-18-8-6-10-20(22(18)19)24(27)31/h5-12,21H,13H2,1-4H3. The van der Waals surface area contributed by atoms with E-state index in [-0.39, 0.29) is 18.4 Å². The molecule has 2 aromatic heterocycles. The molecule has 0 unspecified atom stereocenters. The van der Waals surface area contributed by atoms with Gasteiger partial charge in [0, 0.05) is 27.9 Å². The van der Waals surface area contributed by atoms with E-state index in [1.165, 1.54) is 4.90 Å². The van der Waals surface area contributed by atoms with E-state index in [1.807, 2.05) is 73.5 Å². The van der Waals surface area contributed by atoms with Gasteiger partial charge in [-0.05, 0) is 57.3 Å². The number of rotatable bonds is 4. The number of hydrogen-bond donors (Lipinski definition) is 0. The summed E-state index contributed by atoms with van der Waals surface area (Å²) in [5, 5.41) is 10.9. The molecule has 0 fully saturated rings. The number of aryl methyl sites for hydroxylation is 4. The lowest BCUT2D eigenvalue weighted by atomic mass is 9.94. The summed E-state index contributed by atoms with van der Waals surface area (Å²) in [4.78, 5) is 28.2. The summed E-state index contributed by atoms with van der Waals surface area (Å²) in [5.41, 5.74) is 4.72. The van der Waals surface area contributed by atoms with Crippen molar-refractivity contribution in [1.29, 1.82) is 0 Å². The zero-order chi connectivity index (χ0) is 21.9. The van der Waals surface area contributed by atoms with E-state index in [4.69, 9.17) is 0 Å². The van der Waals surface area contributed by atoms with Crippen LogP contribution < -0.4 is 0 Å². The zero-order valence-electron chi connectivity index (χ0n) is 18.0. The molecule has 1 aliphatic heterocycles. The number of benzene rings is 2. The molecule has 2 aromatic carbocycles. The highest BCUT2D eigenvalue weighted by molar-refractivity contribution is 6.25. The fourth-order valence-electron chi connectivity index (χ4n) is 4.56. The van der Waals surface area contributed by atoms with Gasteiger partial charge in [-0.2, -0.15) is 10.2 Å². The van der Waals surface area contributed by atoms with Crippen LogP contribution in [0, 0.1) is 27.7 Å². The van der Waals surface area contributed by atoms with Crippen LogP contribution in [0.1, 0.15) is 49.7 Å². The Hall–Kier alpha value is -3.74. The van der Waals surface area contributed by atoms with E-state index >= 15 is 0 Å². The fraction of sp³-hybridized carbons (Fsp3) is 0.250. The third-order valence-electron chi connectivity index (χ3n) is 5.86. The molecule has 4 aromatic rings. The van der Waals surface area contributed by atoms with Gasteiger partial charge in [0.15, 0.2) is 6.17 Å². The van der Waals surface area contributed by atoms with Gasteiger partial charge in [0.05, 0.1) is 17.9 Å². The lowest BCUT2D eigenvalue weighted by molar-refractivity contribution is 0.0569. The van der Waals surface area contributed by atoms with Crippen molar-refractivity contribution >= 4 is 22.6 Å². The number of amides is 2. The normalized spacial score (nSPS) is 13.6. The van der Waals surface area contributed by atoms with Crippen LogP contribution in [0.3, 0.4) is 0 Å². The fourth-order valence-corrected chi connectivity index (χ4v) is 4.56. The largest absolute Gasteiger partial charge is 0.270 e. The van der Waals surface area contributed by atoms with Crippen molar-refractivity contribution in [2.75, 3.05) is 6.54 Å². The van der Waals surface area contributed by atoms with Crippen molar-refractivity contribution in [3.05, 3.63) is 82.4 Å². The van der Waals surface area contributed by atoms with E-state index in [1.54, 1.807) is 12.1 Å². The second-order valence-corrected chi connectivity index (χ2v) is 8.15. The van der Waals surface area contributed by atoms with Crippen molar-refractivity contribution in [3.8, 4) is 0 Å². The topological polar surface area (TPSA) is 73.0 Å². The summed E-state index contributed by atoms with van der Waals surface area (Å²) in [7, 11) is 0. The summed E-state index contributed by atoms with van der Waals surface area (Å²) in [6.07, 6.45) is -0.445. The first-order valence-corrected chi connectivity index (χ1v) is 10.3. The van der Waals surface area contributed by atoms with Gasteiger partial charge in [0.25, 0.3) is 11.8 Å². The van der Waals surface area contributed by atoms with Crippen molar-refractivity contribution in [3.63, 3.8) is 0 Å². The Morgan fingerprint density at radius 1 is 0.774 bits per heavy atom. The molecule has 0 bridgehead atoms. The van der Waals surface area contributed by atoms with Gasteiger partial charge in [-0.3, -0.25) is 14.5 Å². The Morgan fingerprint density at radius 2 is 1.26 bits per heavy atom. The first kappa shape index (κ1) is 19.2. The minimum Gasteiger partial charge on any atom is -0.270 e. The highest BCUT2D eigenvalue weighted by atomic mass is 16.2. The third-order valence-corrected chi connectivity index (χ3v) is 5.86. The Bertz CT molecular complexity index is 1270. The van der Waals surface area contributed by atoms with E-state index in [2.05, 4.69) is 10.2 Å². The Morgan fingerprint density at radius 3 is 1.68 bits per heavy atom. The molecule has 2 amide bonds. The second kappa shape index (κ2) is 6.91. The molecule has 7 heteroatoms. The molecular weight excluding hydrogens is 390 g/mol. The molecule has 0 saturated heterocycles. The van der Waals surface area contributed by atoms with Gasteiger partial charge in [-0.25, -0.2) is 9.36 Å². The predicted molar refractivity (Wildman–Crippen MR) is 117 cm³/mol. The highest BCUT2D eigenvalue weighted by Gasteiger charge is 2.35. The smallest absolute Gasteiger partial charge is 0.261 e. The molecule has 3 heterocycles. The van der Waals surface area contributed by atoms with Crippen molar-refractivity contribution < 1.29 is 9.59 Å². The van der Waals surface area contributed by atoms with E-state index in [9.17, 15) is 9.59 Å². The van der Waals surface area contributed by atoms with Gasteiger partial charge in [0.2, 0.25) is 0 Å². The molecular formula is C24H23N5O2. The number of carbonyl (C=O) groups is 2. The van der Waals surface area contributed by atoms with Crippen molar-refractivity contribution in [1.82, 2.24) is 24.5 Å². The van der Waals surface area contributed by atoms with E-state index in [0.717, 1.165) is 33.5 Å². The first-order chi connectivity index (χ1) is 14.8. The molecule has 0 spiro atoms. The third kappa shape index (κ3) is 2.96. The summed E-state index contributed by atoms with van der Waals surface area (Å²) in [5.74, 6) is -0.579. The molecule has 7 nitrogen and oxygen atoms in total. The maximum atomic E-state index is 13.4. The van der Waals surface area contributed by atoms with Crippen LogP contribution in [0.5, 0.6) is 0 Å². The minimum absolute atomic E-state index is 0.131. The molecule has 0 N–H and O–H groups in total. The molecule has 0 aliphatic carbocycles. The van der Waals surface area contributed by atoms with Crippen LogP contribution in [0.15, 0.2) is 48.5 Å². The van der Waals surface area contributed by atoms with E-state index < -0.39 is 6.17 Å². The van der Waals surface area contributed by atoms with Crippen LogP contribution >= 0.6 is 0 Å². The van der Waals surface area contributed by atoms with Gasteiger partial charge >= 0.3 is 0 Å². The molecule has 156 valence electrons. The minimum atomic E-state index is -0.445. The summed E-state index contributed by atoms with van der Waals surface area (Å²) in [6.45, 7) is 7.92. The SMILES string of the molecule is Cc1cc(C)n(C(CN2C(=O)c3cccc4cccc(c34)C2=O)n2nc(C)cc2C)n1. The van der Waals surface area contributed by atoms with Crippen LogP contribution in [0.2, 0.25) is 0 Å². The maximum absolute atomic E-state index is 13.4. The lowest BCUT2D eigenvalue weighted by Gasteiger charge is -2.31. The van der Waals surface area contributed by atoms with Gasteiger partial charge in [-0.1, -0.05) is 24.3 Å². The summed E-state index contributed by atoms with van der Waals surface area (Å²) in [6, 6.07) is 15.1. The molecule has 31 heavy (non-hydrogen) atoms. The number of nitrogens with zero attached hydrogens (tertiary/aromatic N) is 5. The Kier molecular flexibility index (Phi) is 4.28. The van der Waals surface area contributed by atoms with Crippen LogP contribution in [-0.2, 0) is 0 Å². The predicted octanol–water partition coefficient (Wildman–Crippen LogP) is 3.81. The van der Waals surface area contributed by atoms with Gasteiger partial charge in [-0.15, -0.1) is 0 Å². The first-order valence-electron chi connectivity index (χ1n) is 10.3. The molecule has 0 atom stereocenters. The molecule has 5 rings (SSSR count). The van der Waals surface area contributed by atoms with Crippen LogP contribution in [0.25, 0.3) is 10.8 Å². The Labute approximate surface area is 179 Å². The average Bonchev–Trinajstić information content (AvgIpc) is 3.25. The average molecular weight is 413 g/mol. The molecule has 0 radical (unpaired) electrons. The molecule has 1 aliphatic rings. The number of imide groups is 1. The Balaban J connectivity index is 1.63. The van der Waals surface area contributed by atoms with E-state index in [0.29, 0.717) is 11.1 Å². The lowest BCUT2D eigenvalue weighted by Crippen LogP contribution is -2.45. The highest BCUT2D eigenvalue weighted by Crippen LogP contribution is 2.31. The maximum Gasteiger partial charge on any atom is 0.261 e. The second-order valence-electron chi connectivity index (χ2n) is 8.15. The van der Waals surface area contributed by atoms with Crippen molar-refractivity contribution in [2.45, 2.75) is 33.9 Å². The van der Waals surface area contributed by atoms with Gasteiger partial charge < -0.3 is 0 Å².